The molecule has 4 nitrogen and oxygen atoms in total. The summed E-state index contributed by atoms with van der Waals surface area (Å²) in [5.74, 6) is 0.0619. The molecule has 1 aromatic heterocycles. The van der Waals surface area contributed by atoms with E-state index in [1.807, 2.05) is 32.2 Å². The maximum Gasteiger partial charge on any atom is 0.225 e. The first kappa shape index (κ1) is 13.6. The number of nitrogens with two attached hydrogens (primary N) is 1. The molecule has 0 saturated heterocycles. The molecule has 4 heteroatoms. The summed E-state index contributed by atoms with van der Waals surface area (Å²) in [6, 6.07) is 3.90. The summed E-state index contributed by atoms with van der Waals surface area (Å²) < 4.78 is 0. The van der Waals surface area contributed by atoms with Gasteiger partial charge in [0.25, 0.3) is 0 Å². The Morgan fingerprint density at radius 3 is 2.88 bits per heavy atom. The summed E-state index contributed by atoms with van der Waals surface area (Å²) in [6.07, 6.45) is 5.06. The van der Waals surface area contributed by atoms with Crippen molar-refractivity contribution in [2.75, 3.05) is 13.1 Å². The first-order chi connectivity index (χ1) is 8.06. The van der Waals surface area contributed by atoms with Crippen molar-refractivity contribution in [3.63, 3.8) is 0 Å². The Labute approximate surface area is 103 Å². The molecule has 94 valence electrons. The fraction of sp³-hybridized carbons (Fsp3) is 0.538. The van der Waals surface area contributed by atoms with E-state index in [0.717, 1.165) is 12.0 Å². The van der Waals surface area contributed by atoms with Crippen molar-refractivity contribution in [1.82, 2.24) is 10.3 Å². The van der Waals surface area contributed by atoms with Crippen LogP contribution in [0.25, 0.3) is 0 Å². The molecule has 0 aliphatic rings. The highest BCUT2D eigenvalue weighted by Crippen LogP contribution is 2.19. The van der Waals surface area contributed by atoms with E-state index < -0.39 is 0 Å². The number of pyridine rings is 1. The zero-order valence-corrected chi connectivity index (χ0v) is 10.6. The van der Waals surface area contributed by atoms with Gasteiger partial charge in [0.15, 0.2) is 0 Å². The highest BCUT2D eigenvalue weighted by molar-refractivity contribution is 5.81. The lowest BCUT2D eigenvalue weighted by atomic mass is 9.88. The van der Waals surface area contributed by atoms with Gasteiger partial charge >= 0.3 is 0 Å². The SMILES string of the molecule is CC(C)(CCN)C(=O)NCCc1cccnc1. The van der Waals surface area contributed by atoms with Crippen LogP contribution in [0.3, 0.4) is 0 Å². The molecule has 1 amide bonds. The molecular formula is C13H21N3O. The van der Waals surface area contributed by atoms with Gasteiger partial charge in [0.2, 0.25) is 5.91 Å². The zero-order valence-electron chi connectivity index (χ0n) is 10.6. The van der Waals surface area contributed by atoms with Crippen LogP contribution in [0.1, 0.15) is 25.8 Å². The van der Waals surface area contributed by atoms with Gasteiger partial charge in [-0.25, -0.2) is 0 Å². The Morgan fingerprint density at radius 1 is 1.53 bits per heavy atom. The number of nitrogens with zero attached hydrogens (tertiary/aromatic N) is 1. The summed E-state index contributed by atoms with van der Waals surface area (Å²) in [5.41, 5.74) is 6.23. The molecule has 1 rings (SSSR count). The molecule has 0 saturated carbocycles. The van der Waals surface area contributed by atoms with Crippen LogP contribution in [0.15, 0.2) is 24.5 Å². The van der Waals surface area contributed by atoms with Crippen molar-refractivity contribution in [3.8, 4) is 0 Å². The lowest BCUT2D eigenvalue weighted by Crippen LogP contribution is -2.39. The number of aromatic nitrogens is 1. The minimum atomic E-state index is -0.385. The summed E-state index contributed by atoms with van der Waals surface area (Å²) in [6.45, 7) is 5.00. The van der Waals surface area contributed by atoms with Crippen molar-refractivity contribution < 1.29 is 4.79 Å². The Balaban J connectivity index is 2.34. The van der Waals surface area contributed by atoms with Crippen LogP contribution in [0, 0.1) is 5.41 Å². The van der Waals surface area contributed by atoms with Crippen LogP contribution >= 0.6 is 0 Å². The van der Waals surface area contributed by atoms with Crippen molar-refractivity contribution in [1.29, 1.82) is 0 Å². The van der Waals surface area contributed by atoms with Crippen LogP contribution in [0.2, 0.25) is 0 Å². The standard InChI is InChI=1S/C13H21N3O/c1-13(2,6-7-14)12(17)16-9-5-11-4-3-8-15-10-11/h3-4,8,10H,5-7,9,14H2,1-2H3,(H,16,17). The van der Waals surface area contributed by atoms with Gasteiger partial charge in [-0.3, -0.25) is 9.78 Å². The minimum Gasteiger partial charge on any atom is -0.355 e. The first-order valence-electron chi connectivity index (χ1n) is 5.93. The second-order valence-electron chi connectivity index (χ2n) is 4.79. The third-order valence-corrected chi connectivity index (χ3v) is 2.81. The number of amides is 1. The number of hydrogen-bond donors (Lipinski definition) is 2. The van der Waals surface area contributed by atoms with Gasteiger partial charge in [-0.15, -0.1) is 0 Å². The third kappa shape index (κ3) is 4.53. The van der Waals surface area contributed by atoms with Crippen molar-refractivity contribution in [3.05, 3.63) is 30.1 Å². The van der Waals surface area contributed by atoms with Crippen LogP contribution in [-0.2, 0) is 11.2 Å². The molecule has 3 N–H and O–H groups in total. The molecular weight excluding hydrogens is 214 g/mol. The van der Waals surface area contributed by atoms with Gasteiger partial charge in [-0.2, -0.15) is 0 Å². The second-order valence-corrected chi connectivity index (χ2v) is 4.79. The number of carbonyl (C=O) groups excluding carboxylic acids is 1. The molecule has 0 radical (unpaired) electrons. The van der Waals surface area contributed by atoms with Crippen molar-refractivity contribution in [2.45, 2.75) is 26.7 Å². The predicted octanol–water partition coefficient (Wildman–Crippen LogP) is 1.12. The molecule has 0 aliphatic carbocycles. The fourth-order valence-corrected chi connectivity index (χ4v) is 1.58. The summed E-state index contributed by atoms with van der Waals surface area (Å²) in [4.78, 5) is 15.9. The highest BCUT2D eigenvalue weighted by atomic mass is 16.2. The maximum atomic E-state index is 11.9. The van der Waals surface area contributed by atoms with Gasteiger partial charge in [0.1, 0.15) is 0 Å². The van der Waals surface area contributed by atoms with Crippen LogP contribution in [0.4, 0.5) is 0 Å². The Bertz CT molecular complexity index is 349. The molecule has 0 aromatic carbocycles. The fourth-order valence-electron chi connectivity index (χ4n) is 1.58. The normalized spacial score (nSPS) is 11.2. The van der Waals surface area contributed by atoms with E-state index in [0.29, 0.717) is 19.5 Å². The minimum absolute atomic E-state index is 0.0619. The molecule has 0 atom stereocenters. The van der Waals surface area contributed by atoms with E-state index in [4.69, 9.17) is 5.73 Å². The average Bonchev–Trinajstić information content (AvgIpc) is 2.30. The largest absolute Gasteiger partial charge is 0.355 e. The van der Waals surface area contributed by atoms with Gasteiger partial charge in [-0.1, -0.05) is 19.9 Å². The highest BCUT2D eigenvalue weighted by Gasteiger charge is 2.25. The summed E-state index contributed by atoms with van der Waals surface area (Å²) in [7, 11) is 0. The summed E-state index contributed by atoms with van der Waals surface area (Å²) >= 11 is 0. The number of rotatable bonds is 6. The van der Waals surface area contributed by atoms with Crippen LogP contribution < -0.4 is 11.1 Å². The molecule has 0 bridgehead atoms. The van der Waals surface area contributed by atoms with Crippen molar-refractivity contribution >= 4 is 5.91 Å². The average molecular weight is 235 g/mol. The van der Waals surface area contributed by atoms with E-state index in [1.165, 1.54) is 0 Å². The van der Waals surface area contributed by atoms with Gasteiger partial charge in [0.05, 0.1) is 0 Å². The topological polar surface area (TPSA) is 68.0 Å². The van der Waals surface area contributed by atoms with E-state index in [1.54, 1.807) is 6.20 Å². The molecule has 0 unspecified atom stereocenters. The quantitative estimate of drug-likeness (QED) is 0.776. The second kappa shape index (κ2) is 6.35. The van der Waals surface area contributed by atoms with Gasteiger partial charge < -0.3 is 11.1 Å². The molecule has 0 spiro atoms. The lowest BCUT2D eigenvalue weighted by molar-refractivity contribution is -0.129. The van der Waals surface area contributed by atoms with E-state index in [2.05, 4.69) is 10.3 Å². The first-order valence-corrected chi connectivity index (χ1v) is 5.93. The smallest absolute Gasteiger partial charge is 0.225 e. The Morgan fingerprint density at radius 2 is 2.29 bits per heavy atom. The zero-order chi connectivity index (χ0) is 12.7. The molecule has 1 heterocycles. The number of carbonyl (C=O) groups is 1. The Kier molecular flexibility index (Phi) is 5.10. The van der Waals surface area contributed by atoms with E-state index in [-0.39, 0.29) is 11.3 Å². The van der Waals surface area contributed by atoms with Crippen LogP contribution in [-0.4, -0.2) is 24.0 Å². The summed E-state index contributed by atoms with van der Waals surface area (Å²) in [5, 5.41) is 2.93. The lowest BCUT2D eigenvalue weighted by Gasteiger charge is -2.22. The number of hydrogen-bond acceptors (Lipinski definition) is 3. The van der Waals surface area contributed by atoms with Crippen molar-refractivity contribution in [2.24, 2.45) is 11.1 Å². The molecule has 0 fully saturated rings. The van der Waals surface area contributed by atoms with E-state index in [9.17, 15) is 4.79 Å². The monoisotopic (exact) mass is 235 g/mol. The third-order valence-electron chi connectivity index (χ3n) is 2.81. The van der Waals surface area contributed by atoms with Gasteiger partial charge in [0, 0.05) is 24.4 Å². The van der Waals surface area contributed by atoms with Gasteiger partial charge in [-0.05, 0) is 31.0 Å². The van der Waals surface area contributed by atoms with E-state index >= 15 is 0 Å². The molecule has 0 aliphatic heterocycles. The maximum absolute atomic E-state index is 11.9. The molecule has 1 aromatic rings. The molecule has 17 heavy (non-hydrogen) atoms. The Hall–Kier alpha value is -1.42. The number of nitrogens with one attached hydrogen (secondary N) is 1. The van der Waals surface area contributed by atoms with Crippen LogP contribution in [0.5, 0.6) is 0 Å². The predicted molar refractivity (Wildman–Crippen MR) is 68.4 cm³/mol.